The third kappa shape index (κ3) is 7.84. The van der Waals surface area contributed by atoms with Crippen molar-refractivity contribution in [1.29, 1.82) is 0 Å². The summed E-state index contributed by atoms with van der Waals surface area (Å²) >= 11 is 0. The van der Waals surface area contributed by atoms with E-state index in [2.05, 4.69) is 16.0 Å². The Bertz CT molecular complexity index is 1250. The zero-order chi connectivity index (χ0) is 32.0. The van der Waals surface area contributed by atoms with Crippen LogP contribution in [0.15, 0.2) is 30.3 Å². The first-order valence-corrected chi connectivity index (χ1v) is 15.2. The normalized spacial score (nSPS) is 26.4. The molecule has 0 aromatic heterocycles. The lowest BCUT2D eigenvalue weighted by Gasteiger charge is -2.32. The minimum Gasteiger partial charge on any atom is -0.391 e. The number of hydrogen-bond acceptors (Lipinski definition) is 7. The van der Waals surface area contributed by atoms with E-state index in [0.717, 1.165) is 5.56 Å². The summed E-state index contributed by atoms with van der Waals surface area (Å²) in [4.78, 5) is 85.3. The van der Waals surface area contributed by atoms with E-state index < -0.39 is 60.3 Å². The predicted octanol–water partition coefficient (Wildman–Crippen LogP) is -1.47. The smallest absolute Gasteiger partial charge is 0.320 e. The summed E-state index contributed by atoms with van der Waals surface area (Å²) in [7, 11) is 1.64. The Kier molecular flexibility index (Phi) is 10.8. The molecule has 5 atom stereocenters. The van der Waals surface area contributed by atoms with E-state index in [4.69, 9.17) is 0 Å². The molecule has 0 unspecified atom stereocenters. The highest BCUT2D eigenvalue weighted by Gasteiger charge is 2.43. The molecule has 44 heavy (non-hydrogen) atoms. The van der Waals surface area contributed by atoms with Gasteiger partial charge in [-0.3, -0.25) is 24.0 Å². The average Bonchev–Trinajstić information content (AvgIpc) is 3.55. The number of nitrogens with zero attached hydrogens (tertiary/aromatic N) is 4. The van der Waals surface area contributed by atoms with Crippen molar-refractivity contribution in [3.63, 3.8) is 0 Å². The SMILES string of the molecule is CC[C@H](C)[C@@H]1NC(=O)CN(C(=O)CN2CCN(C)C2=O)CCNC(=O)[C@H](Cc2ccccc2)NC(=O)[C@@H]2C[C@@H](O)CN2C1=O. The van der Waals surface area contributed by atoms with Crippen LogP contribution in [-0.4, -0.2) is 137 Å². The first-order valence-electron chi connectivity index (χ1n) is 15.2. The van der Waals surface area contributed by atoms with Crippen molar-refractivity contribution in [3.05, 3.63) is 35.9 Å². The van der Waals surface area contributed by atoms with Crippen LogP contribution in [-0.2, 0) is 30.4 Å². The molecule has 4 rings (SSSR count). The number of aliphatic hydroxyl groups excluding tert-OH is 1. The van der Waals surface area contributed by atoms with E-state index in [-0.39, 0.29) is 51.0 Å². The number of likely N-dealkylation sites (N-methyl/N-ethyl adjacent to an activating group) is 1. The Labute approximate surface area is 257 Å². The molecule has 3 aliphatic rings. The molecule has 3 aliphatic heterocycles. The van der Waals surface area contributed by atoms with Crippen LogP contribution in [0.1, 0.15) is 32.3 Å². The lowest BCUT2D eigenvalue weighted by molar-refractivity contribution is -0.143. The van der Waals surface area contributed by atoms with Gasteiger partial charge < -0.3 is 40.7 Å². The summed E-state index contributed by atoms with van der Waals surface area (Å²) in [5.74, 6) is -2.99. The minimum atomic E-state index is -1.04. The molecule has 0 aliphatic carbocycles. The van der Waals surface area contributed by atoms with Crippen molar-refractivity contribution >= 4 is 35.6 Å². The zero-order valence-corrected chi connectivity index (χ0v) is 25.5. The third-order valence-corrected chi connectivity index (χ3v) is 8.57. The van der Waals surface area contributed by atoms with Gasteiger partial charge in [-0.1, -0.05) is 50.6 Å². The van der Waals surface area contributed by atoms with Crippen molar-refractivity contribution in [2.24, 2.45) is 5.92 Å². The second-order valence-corrected chi connectivity index (χ2v) is 11.8. The molecule has 0 bridgehead atoms. The van der Waals surface area contributed by atoms with E-state index in [0.29, 0.717) is 19.5 Å². The monoisotopic (exact) mass is 613 g/mol. The standard InChI is InChI=1S/C30H43N7O7/c1-4-19(2)26-29(43)37-16-21(38)15-23(37)28(42)32-22(14-20-8-6-5-7-9-20)27(41)31-10-11-35(17-24(39)33-26)25(40)18-36-13-12-34(3)30(36)44/h5-9,19,21-23,26,38H,4,10-18H2,1-3H3,(H,31,41)(H,32,42)(H,33,39)/t19-,21+,22-,23-,26-/m0/s1. The summed E-state index contributed by atoms with van der Waals surface area (Å²) < 4.78 is 0. The largest absolute Gasteiger partial charge is 0.391 e. The summed E-state index contributed by atoms with van der Waals surface area (Å²) in [6.07, 6.45) is -0.256. The molecule has 3 fully saturated rings. The molecule has 0 radical (unpaired) electrons. The quantitative estimate of drug-likeness (QED) is 0.303. The summed E-state index contributed by atoms with van der Waals surface area (Å²) in [6, 6.07) is 5.79. The van der Waals surface area contributed by atoms with Gasteiger partial charge in [-0.2, -0.15) is 0 Å². The van der Waals surface area contributed by atoms with Crippen LogP contribution in [0.25, 0.3) is 0 Å². The lowest BCUT2D eigenvalue weighted by atomic mass is 9.97. The molecule has 4 N–H and O–H groups in total. The van der Waals surface area contributed by atoms with Crippen LogP contribution < -0.4 is 16.0 Å². The van der Waals surface area contributed by atoms with Gasteiger partial charge in [-0.15, -0.1) is 0 Å². The molecule has 7 amide bonds. The maximum Gasteiger partial charge on any atom is 0.320 e. The van der Waals surface area contributed by atoms with Crippen LogP contribution in [0.5, 0.6) is 0 Å². The molecular weight excluding hydrogens is 570 g/mol. The molecule has 1 aromatic rings. The second-order valence-electron chi connectivity index (χ2n) is 11.8. The predicted molar refractivity (Wildman–Crippen MR) is 159 cm³/mol. The minimum absolute atomic E-state index is 0.00882. The Hall–Kier alpha value is -4.20. The molecule has 240 valence electrons. The number of carbonyl (C=O) groups excluding carboxylic acids is 6. The Balaban J connectivity index is 1.63. The van der Waals surface area contributed by atoms with E-state index >= 15 is 0 Å². The summed E-state index contributed by atoms with van der Waals surface area (Å²) in [5, 5.41) is 18.8. The summed E-state index contributed by atoms with van der Waals surface area (Å²) in [5.41, 5.74) is 0.800. The van der Waals surface area contributed by atoms with Crippen molar-refractivity contribution in [1.82, 2.24) is 35.6 Å². The second kappa shape index (κ2) is 14.5. The third-order valence-electron chi connectivity index (χ3n) is 8.57. The number of amides is 7. The van der Waals surface area contributed by atoms with Gasteiger partial charge in [-0.05, 0) is 11.5 Å². The average molecular weight is 614 g/mol. The summed E-state index contributed by atoms with van der Waals surface area (Å²) in [6.45, 7) is 3.72. The van der Waals surface area contributed by atoms with Gasteiger partial charge in [0.1, 0.15) is 24.7 Å². The van der Waals surface area contributed by atoms with Crippen LogP contribution in [0, 0.1) is 5.92 Å². The number of fused-ring (bicyclic) bond motifs is 1. The first-order chi connectivity index (χ1) is 21.0. The number of carbonyl (C=O) groups is 6. The van der Waals surface area contributed by atoms with Gasteiger partial charge in [0, 0.05) is 52.6 Å². The molecule has 0 spiro atoms. The highest BCUT2D eigenvalue weighted by molar-refractivity contribution is 5.96. The van der Waals surface area contributed by atoms with E-state index in [1.807, 2.05) is 37.3 Å². The maximum atomic E-state index is 13.9. The number of aliphatic hydroxyl groups is 1. The van der Waals surface area contributed by atoms with Gasteiger partial charge in [0.15, 0.2) is 0 Å². The zero-order valence-electron chi connectivity index (χ0n) is 25.5. The molecule has 14 heteroatoms. The van der Waals surface area contributed by atoms with E-state index in [1.54, 1.807) is 14.0 Å². The molecule has 3 saturated heterocycles. The van der Waals surface area contributed by atoms with Gasteiger partial charge in [0.05, 0.1) is 12.6 Å². The topological polar surface area (TPSA) is 172 Å². The number of rotatable bonds is 6. The number of nitrogens with one attached hydrogen (secondary N) is 3. The lowest BCUT2D eigenvalue weighted by Crippen LogP contribution is -2.58. The molecule has 1 aromatic carbocycles. The number of benzene rings is 1. The molecule has 0 saturated carbocycles. The highest BCUT2D eigenvalue weighted by Crippen LogP contribution is 2.22. The maximum absolute atomic E-state index is 13.9. The van der Waals surface area contributed by atoms with Gasteiger partial charge in [0.2, 0.25) is 29.5 Å². The van der Waals surface area contributed by atoms with Crippen molar-refractivity contribution in [2.75, 3.05) is 52.9 Å². The number of hydrogen-bond donors (Lipinski definition) is 4. The van der Waals surface area contributed by atoms with Crippen molar-refractivity contribution in [3.8, 4) is 0 Å². The van der Waals surface area contributed by atoms with E-state index in [9.17, 15) is 33.9 Å². The Morgan fingerprint density at radius 3 is 2.41 bits per heavy atom. The van der Waals surface area contributed by atoms with Gasteiger partial charge in [-0.25, -0.2) is 4.79 Å². The van der Waals surface area contributed by atoms with Crippen LogP contribution in [0.3, 0.4) is 0 Å². The van der Waals surface area contributed by atoms with E-state index in [1.165, 1.54) is 19.6 Å². The molecule has 14 nitrogen and oxygen atoms in total. The first kappa shape index (κ1) is 32.7. The fraction of sp³-hybridized carbons (Fsp3) is 0.600. The molecular formula is C30H43N7O7. The Morgan fingerprint density at radius 1 is 1.02 bits per heavy atom. The number of urea groups is 1. The molecule has 3 heterocycles. The van der Waals surface area contributed by atoms with Crippen molar-refractivity contribution < 1.29 is 33.9 Å². The van der Waals surface area contributed by atoms with Crippen LogP contribution >= 0.6 is 0 Å². The van der Waals surface area contributed by atoms with Crippen LogP contribution in [0.2, 0.25) is 0 Å². The highest BCUT2D eigenvalue weighted by atomic mass is 16.3. The van der Waals surface area contributed by atoms with Gasteiger partial charge >= 0.3 is 6.03 Å². The fourth-order valence-electron chi connectivity index (χ4n) is 5.73. The fourth-order valence-corrected chi connectivity index (χ4v) is 5.73. The van der Waals surface area contributed by atoms with Gasteiger partial charge in [0.25, 0.3) is 0 Å². The Morgan fingerprint density at radius 2 is 1.75 bits per heavy atom. The van der Waals surface area contributed by atoms with Crippen LogP contribution in [0.4, 0.5) is 4.79 Å². The van der Waals surface area contributed by atoms with Crippen molar-refractivity contribution in [2.45, 2.75) is 57.3 Å².